The van der Waals surface area contributed by atoms with Crippen molar-refractivity contribution in [2.75, 3.05) is 0 Å². The number of carbonyl (C=O) groups excluding carboxylic acids is 1. The average molecular weight is 276 g/mol. The van der Waals surface area contributed by atoms with Crippen LogP contribution in [0.25, 0.3) is 0 Å². The van der Waals surface area contributed by atoms with E-state index in [1.54, 1.807) is 6.20 Å². The van der Waals surface area contributed by atoms with Gasteiger partial charge in [0.05, 0.1) is 18.4 Å². The van der Waals surface area contributed by atoms with Gasteiger partial charge in [-0.05, 0) is 23.2 Å². The largest absolute Gasteiger partial charge is 0.335 e. The maximum absolute atomic E-state index is 11.8. The van der Waals surface area contributed by atoms with Crippen LogP contribution in [0.5, 0.6) is 0 Å². The van der Waals surface area contributed by atoms with E-state index >= 15 is 0 Å². The molecule has 98 valence electrons. The summed E-state index contributed by atoms with van der Waals surface area (Å²) in [6, 6.07) is 4.04. The van der Waals surface area contributed by atoms with E-state index < -0.39 is 0 Å². The van der Waals surface area contributed by atoms with Crippen molar-refractivity contribution < 1.29 is 4.79 Å². The Morgan fingerprint density at radius 2 is 2.37 bits per heavy atom. The fourth-order valence-corrected chi connectivity index (χ4v) is 2.37. The van der Waals surface area contributed by atoms with Gasteiger partial charge < -0.3 is 5.32 Å². The molecule has 1 aliphatic rings. The summed E-state index contributed by atoms with van der Waals surface area (Å²) in [5, 5.41) is 6.52. The Bertz CT molecular complexity index is 546. The topological polar surface area (TPSA) is 91.8 Å². The Labute approximate surface area is 113 Å². The molecule has 2 unspecified atom stereocenters. The van der Waals surface area contributed by atoms with Crippen molar-refractivity contribution in [1.29, 1.82) is 0 Å². The molecular weight excluding hydrogens is 264 g/mol. The molecule has 0 aromatic carbocycles. The quantitative estimate of drug-likeness (QED) is 0.743. The van der Waals surface area contributed by atoms with Crippen LogP contribution < -0.4 is 16.2 Å². The van der Waals surface area contributed by atoms with Gasteiger partial charge in [0.1, 0.15) is 4.88 Å². The van der Waals surface area contributed by atoms with Crippen LogP contribution in [0.4, 0.5) is 0 Å². The van der Waals surface area contributed by atoms with Crippen molar-refractivity contribution in [3.63, 3.8) is 0 Å². The Kier molecular flexibility index (Phi) is 3.45. The third-order valence-electron chi connectivity index (χ3n) is 2.88. The minimum absolute atomic E-state index is 0.125. The molecule has 0 radical (unpaired) electrons. The number of hydrazine groups is 1. The number of aromatic nitrogens is 3. The van der Waals surface area contributed by atoms with Crippen molar-refractivity contribution >= 4 is 17.4 Å². The summed E-state index contributed by atoms with van der Waals surface area (Å²) in [7, 11) is 0. The third kappa shape index (κ3) is 2.75. The van der Waals surface area contributed by atoms with E-state index in [0.29, 0.717) is 4.88 Å². The molecule has 0 saturated carbocycles. The number of pyridine rings is 1. The van der Waals surface area contributed by atoms with Crippen molar-refractivity contribution in [2.45, 2.75) is 18.6 Å². The van der Waals surface area contributed by atoms with Crippen molar-refractivity contribution in [3.05, 3.63) is 41.2 Å². The molecule has 1 saturated heterocycles. The predicted octanol–water partition coefficient (Wildman–Crippen LogP) is 0.228. The van der Waals surface area contributed by atoms with Crippen molar-refractivity contribution in [1.82, 2.24) is 30.7 Å². The fourth-order valence-electron chi connectivity index (χ4n) is 1.95. The summed E-state index contributed by atoms with van der Waals surface area (Å²) in [6.45, 7) is 0. The van der Waals surface area contributed by atoms with Gasteiger partial charge in [0, 0.05) is 18.8 Å². The zero-order valence-electron chi connectivity index (χ0n) is 9.91. The highest BCUT2D eigenvalue weighted by Crippen LogP contribution is 2.20. The van der Waals surface area contributed by atoms with Crippen LogP contribution in [0.2, 0.25) is 0 Å². The molecule has 0 aliphatic carbocycles. The molecule has 7 nitrogen and oxygen atoms in total. The van der Waals surface area contributed by atoms with E-state index in [-0.39, 0.29) is 18.1 Å². The Hall–Kier alpha value is -1.90. The number of carbonyl (C=O) groups is 1. The lowest BCUT2D eigenvalue weighted by molar-refractivity contribution is 0.0936. The second-order valence-corrected chi connectivity index (χ2v) is 4.96. The molecular formula is C11H12N6OS. The summed E-state index contributed by atoms with van der Waals surface area (Å²) in [5.41, 5.74) is 7.28. The van der Waals surface area contributed by atoms with Crippen molar-refractivity contribution in [3.8, 4) is 0 Å². The highest BCUT2D eigenvalue weighted by atomic mass is 32.1. The molecule has 1 fully saturated rings. The first kappa shape index (κ1) is 12.2. The standard InChI is InChI=1S/C11H12N6OS/c18-11(9-6-13-17-19-9)14-10-4-8(15-16-10)7-2-1-3-12-5-7/h1-3,5-6,8,10,15-16H,4H2,(H,14,18). The Morgan fingerprint density at radius 1 is 1.42 bits per heavy atom. The third-order valence-corrected chi connectivity index (χ3v) is 3.54. The monoisotopic (exact) mass is 276 g/mol. The molecule has 3 N–H and O–H groups in total. The van der Waals surface area contributed by atoms with Crippen LogP contribution in [0, 0.1) is 0 Å². The minimum Gasteiger partial charge on any atom is -0.335 e. The molecule has 2 aromatic heterocycles. The lowest BCUT2D eigenvalue weighted by Crippen LogP contribution is -2.43. The number of nitrogens with zero attached hydrogens (tertiary/aromatic N) is 3. The van der Waals surface area contributed by atoms with E-state index in [1.807, 2.05) is 18.3 Å². The van der Waals surface area contributed by atoms with E-state index in [2.05, 4.69) is 30.7 Å². The fraction of sp³-hybridized carbons (Fsp3) is 0.273. The molecule has 0 spiro atoms. The van der Waals surface area contributed by atoms with Crippen molar-refractivity contribution in [2.24, 2.45) is 0 Å². The van der Waals surface area contributed by atoms with Gasteiger partial charge in [-0.15, -0.1) is 5.10 Å². The maximum Gasteiger partial charge on any atom is 0.265 e. The Morgan fingerprint density at radius 3 is 3.11 bits per heavy atom. The number of rotatable bonds is 3. The molecule has 0 bridgehead atoms. The highest BCUT2D eigenvalue weighted by molar-refractivity contribution is 7.07. The molecule has 1 amide bonds. The first-order chi connectivity index (χ1) is 9.33. The van der Waals surface area contributed by atoms with Gasteiger partial charge >= 0.3 is 0 Å². The minimum atomic E-state index is -0.166. The molecule has 3 rings (SSSR count). The van der Waals surface area contributed by atoms with Crippen LogP contribution >= 0.6 is 11.5 Å². The van der Waals surface area contributed by atoms with Crippen LogP contribution in [0.1, 0.15) is 27.7 Å². The molecule has 2 atom stereocenters. The summed E-state index contributed by atoms with van der Waals surface area (Å²) < 4.78 is 3.67. The Balaban J connectivity index is 1.59. The second kappa shape index (κ2) is 5.39. The van der Waals surface area contributed by atoms with Crippen LogP contribution in [0.3, 0.4) is 0 Å². The van der Waals surface area contributed by atoms with E-state index in [0.717, 1.165) is 23.5 Å². The first-order valence-corrected chi connectivity index (χ1v) is 6.59. The molecule has 19 heavy (non-hydrogen) atoms. The normalized spacial score (nSPS) is 22.3. The average Bonchev–Trinajstić information content (AvgIpc) is 3.11. The molecule has 2 aromatic rings. The highest BCUT2D eigenvalue weighted by Gasteiger charge is 2.26. The smallest absolute Gasteiger partial charge is 0.265 e. The second-order valence-electron chi connectivity index (χ2n) is 4.17. The van der Waals surface area contributed by atoms with Gasteiger partial charge in [0.25, 0.3) is 5.91 Å². The molecule has 1 aliphatic heterocycles. The molecule has 3 heterocycles. The van der Waals surface area contributed by atoms with Crippen LogP contribution in [-0.4, -0.2) is 26.6 Å². The van der Waals surface area contributed by atoms with E-state index in [9.17, 15) is 4.79 Å². The van der Waals surface area contributed by atoms with Gasteiger partial charge in [0.15, 0.2) is 0 Å². The first-order valence-electron chi connectivity index (χ1n) is 5.82. The number of hydrogen-bond acceptors (Lipinski definition) is 7. The summed E-state index contributed by atoms with van der Waals surface area (Å²) >= 11 is 1.08. The summed E-state index contributed by atoms with van der Waals surface area (Å²) in [6.07, 6.45) is 5.64. The lowest BCUT2D eigenvalue weighted by Gasteiger charge is -2.10. The number of nitrogens with one attached hydrogen (secondary N) is 3. The zero-order valence-corrected chi connectivity index (χ0v) is 10.7. The number of amides is 1. The predicted molar refractivity (Wildman–Crippen MR) is 69.0 cm³/mol. The SMILES string of the molecule is O=C(NC1CC(c2cccnc2)NN1)c1cnns1. The summed E-state index contributed by atoms with van der Waals surface area (Å²) in [4.78, 5) is 16.4. The van der Waals surface area contributed by atoms with Gasteiger partial charge in [0.2, 0.25) is 0 Å². The van der Waals surface area contributed by atoms with E-state index in [4.69, 9.17) is 0 Å². The lowest BCUT2D eigenvalue weighted by atomic mass is 10.1. The van der Waals surface area contributed by atoms with Gasteiger partial charge in [-0.1, -0.05) is 10.6 Å². The van der Waals surface area contributed by atoms with Crippen LogP contribution in [0.15, 0.2) is 30.7 Å². The van der Waals surface area contributed by atoms with Gasteiger partial charge in [-0.3, -0.25) is 9.78 Å². The van der Waals surface area contributed by atoms with Gasteiger partial charge in [-0.2, -0.15) is 0 Å². The van der Waals surface area contributed by atoms with Gasteiger partial charge in [-0.25, -0.2) is 10.9 Å². The zero-order chi connectivity index (χ0) is 13.1. The van der Waals surface area contributed by atoms with E-state index in [1.165, 1.54) is 6.20 Å². The summed E-state index contributed by atoms with van der Waals surface area (Å²) in [5.74, 6) is -0.166. The maximum atomic E-state index is 11.8. The van der Waals surface area contributed by atoms with Crippen LogP contribution in [-0.2, 0) is 0 Å². The number of hydrogen-bond donors (Lipinski definition) is 3. The molecule has 8 heteroatoms.